The predicted octanol–water partition coefficient (Wildman–Crippen LogP) is 5.99. The Morgan fingerprint density at radius 2 is 1.67 bits per heavy atom. The maximum Gasteiger partial charge on any atom is 0.416 e. The molecular formula is C26H30F3N5O2. The summed E-state index contributed by atoms with van der Waals surface area (Å²) in [5.41, 5.74) is 1.73. The van der Waals surface area contributed by atoms with Crippen molar-refractivity contribution in [2.45, 2.75) is 46.2 Å². The number of hydrogen-bond donors (Lipinski definition) is 2. The van der Waals surface area contributed by atoms with Crippen LogP contribution in [0.2, 0.25) is 0 Å². The lowest BCUT2D eigenvalue weighted by Crippen LogP contribution is -2.40. The summed E-state index contributed by atoms with van der Waals surface area (Å²) >= 11 is 0. The van der Waals surface area contributed by atoms with E-state index < -0.39 is 23.7 Å². The highest BCUT2D eigenvalue weighted by Gasteiger charge is 2.30. The van der Waals surface area contributed by atoms with Crippen LogP contribution in [0.15, 0.2) is 54.6 Å². The molecule has 10 heteroatoms. The quantitative estimate of drug-likeness (QED) is 0.436. The van der Waals surface area contributed by atoms with Gasteiger partial charge < -0.3 is 15.5 Å². The van der Waals surface area contributed by atoms with Crippen molar-refractivity contribution in [3.8, 4) is 5.69 Å². The van der Waals surface area contributed by atoms with Crippen molar-refractivity contribution in [2.75, 3.05) is 23.7 Å². The normalized spacial score (nSPS) is 11.8. The Balaban J connectivity index is 1.74. The molecule has 2 N–H and O–H groups in total. The van der Waals surface area contributed by atoms with Crippen LogP contribution in [0, 0.1) is 6.92 Å². The second-order valence-electron chi connectivity index (χ2n) is 9.48. The Morgan fingerprint density at radius 3 is 2.22 bits per heavy atom. The SMILES string of the molecule is CCN(CC(=O)Nc1cc(C(C)(C)C)nn1-c1cccc(C)c1)C(=O)Nc1ccc(C(F)(F)F)cc1. The third-order valence-electron chi connectivity index (χ3n) is 5.46. The Kier molecular flexibility index (Phi) is 7.76. The summed E-state index contributed by atoms with van der Waals surface area (Å²) in [5.74, 6) is 0.0309. The number of nitrogens with one attached hydrogen (secondary N) is 2. The molecule has 0 atom stereocenters. The predicted molar refractivity (Wildman–Crippen MR) is 133 cm³/mol. The van der Waals surface area contributed by atoms with Gasteiger partial charge in [-0.3, -0.25) is 4.79 Å². The van der Waals surface area contributed by atoms with E-state index in [9.17, 15) is 22.8 Å². The van der Waals surface area contributed by atoms with Gasteiger partial charge in [-0.25, -0.2) is 9.48 Å². The van der Waals surface area contributed by atoms with Gasteiger partial charge in [-0.15, -0.1) is 0 Å². The van der Waals surface area contributed by atoms with Crippen LogP contribution in [0.4, 0.5) is 29.5 Å². The molecule has 2 aromatic carbocycles. The van der Waals surface area contributed by atoms with Crippen molar-refractivity contribution in [3.63, 3.8) is 0 Å². The number of alkyl halides is 3. The van der Waals surface area contributed by atoms with E-state index in [-0.39, 0.29) is 24.2 Å². The van der Waals surface area contributed by atoms with Crippen LogP contribution in [0.3, 0.4) is 0 Å². The summed E-state index contributed by atoms with van der Waals surface area (Å²) in [6.45, 7) is 9.68. The first-order valence-corrected chi connectivity index (χ1v) is 11.5. The molecule has 0 radical (unpaired) electrons. The van der Waals surface area contributed by atoms with Gasteiger partial charge in [0.1, 0.15) is 12.4 Å². The van der Waals surface area contributed by atoms with Crippen LogP contribution in [-0.4, -0.2) is 39.7 Å². The average molecular weight is 502 g/mol. The molecule has 0 aliphatic rings. The second-order valence-corrected chi connectivity index (χ2v) is 9.48. The van der Waals surface area contributed by atoms with Crippen molar-refractivity contribution in [2.24, 2.45) is 0 Å². The van der Waals surface area contributed by atoms with Crippen molar-refractivity contribution in [3.05, 3.63) is 71.4 Å². The summed E-state index contributed by atoms with van der Waals surface area (Å²) in [4.78, 5) is 26.8. The third-order valence-corrected chi connectivity index (χ3v) is 5.46. The van der Waals surface area contributed by atoms with Crippen LogP contribution >= 0.6 is 0 Å². The number of rotatable bonds is 6. The smallest absolute Gasteiger partial charge is 0.315 e. The van der Waals surface area contributed by atoms with Crippen molar-refractivity contribution in [1.82, 2.24) is 14.7 Å². The highest BCUT2D eigenvalue weighted by molar-refractivity contribution is 5.96. The molecule has 0 bridgehead atoms. The molecule has 3 aromatic rings. The molecule has 0 saturated heterocycles. The highest BCUT2D eigenvalue weighted by Crippen LogP contribution is 2.30. The average Bonchev–Trinajstić information content (AvgIpc) is 3.21. The standard InChI is InChI=1S/C26H30F3N5O2/c1-6-33(24(36)30-19-12-10-18(11-13-19)26(27,28)29)16-23(35)31-22-15-21(25(3,4)5)32-34(22)20-9-7-8-17(2)14-20/h7-15H,6,16H2,1-5H3,(H,30,36)(H,31,35). The fourth-order valence-corrected chi connectivity index (χ4v) is 3.42. The lowest BCUT2D eigenvalue weighted by atomic mass is 9.92. The maximum atomic E-state index is 12.9. The number of carbonyl (C=O) groups is 2. The second kappa shape index (κ2) is 10.4. The zero-order valence-electron chi connectivity index (χ0n) is 20.9. The number of aromatic nitrogens is 2. The van der Waals surface area contributed by atoms with Gasteiger partial charge in [0.25, 0.3) is 0 Å². The Morgan fingerprint density at radius 1 is 1.00 bits per heavy atom. The number of aryl methyl sites for hydroxylation is 1. The Labute approximate surface area is 208 Å². The minimum Gasteiger partial charge on any atom is -0.315 e. The maximum absolute atomic E-state index is 12.9. The molecule has 0 unspecified atom stereocenters. The molecule has 3 amide bonds. The molecule has 0 saturated carbocycles. The number of benzene rings is 2. The van der Waals surface area contributed by atoms with Crippen molar-refractivity contribution < 1.29 is 22.8 Å². The molecule has 0 spiro atoms. The van der Waals surface area contributed by atoms with Crippen LogP contribution in [0.25, 0.3) is 5.69 Å². The van der Waals surface area contributed by atoms with E-state index in [2.05, 4.69) is 15.7 Å². The summed E-state index contributed by atoms with van der Waals surface area (Å²) in [6.07, 6.45) is -4.46. The summed E-state index contributed by atoms with van der Waals surface area (Å²) < 4.78 is 39.9. The first kappa shape index (κ1) is 26.8. The summed E-state index contributed by atoms with van der Waals surface area (Å²) in [5, 5.41) is 10.1. The van der Waals surface area contributed by atoms with Gasteiger partial charge in [-0.2, -0.15) is 18.3 Å². The molecule has 0 fully saturated rings. The van der Waals surface area contributed by atoms with Gasteiger partial charge in [-0.05, 0) is 55.8 Å². The first-order chi connectivity index (χ1) is 16.8. The van der Waals surface area contributed by atoms with E-state index in [4.69, 9.17) is 0 Å². The fourth-order valence-electron chi connectivity index (χ4n) is 3.42. The molecule has 0 aliphatic heterocycles. The Bertz CT molecular complexity index is 1230. The van der Waals surface area contributed by atoms with E-state index in [1.807, 2.05) is 52.0 Å². The van der Waals surface area contributed by atoms with E-state index in [1.165, 1.54) is 17.0 Å². The molecule has 3 rings (SSSR count). The molecule has 36 heavy (non-hydrogen) atoms. The molecule has 192 valence electrons. The number of halogens is 3. The number of carbonyl (C=O) groups excluding carboxylic acids is 2. The molecule has 7 nitrogen and oxygen atoms in total. The van der Waals surface area contributed by atoms with Crippen molar-refractivity contribution >= 4 is 23.4 Å². The van der Waals surface area contributed by atoms with Crippen LogP contribution in [0.5, 0.6) is 0 Å². The van der Waals surface area contributed by atoms with E-state index in [0.717, 1.165) is 29.1 Å². The number of amides is 3. The van der Waals surface area contributed by atoms with E-state index in [1.54, 1.807) is 17.7 Å². The lowest BCUT2D eigenvalue weighted by Gasteiger charge is -2.21. The number of hydrogen-bond acceptors (Lipinski definition) is 3. The molecule has 1 heterocycles. The third kappa shape index (κ3) is 6.65. The van der Waals surface area contributed by atoms with Gasteiger partial charge >= 0.3 is 12.2 Å². The van der Waals surface area contributed by atoms with E-state index >= 15 is 0 Å². The number of anilines is 2. The number of nitrogens with zero attached hydrogens (tertiary/aromatic N) is 3. The summed E-state index contributed by atoms with van der Waals surface area (Å²) in [6, 6.07) is 13.0. The largest absolute Gasteiger partial charge is 0.416 e. The van der Waals surface area contributed by atoms with Gasteiger partial charge in [0, 0.05) is 23.7 Å². The fraction of sp³-hybridized carbons (Fsp3) is 0.346. The van der Waals surface area contributed by atoms with Crippen LogP contribution < -0.4 is 10.6 Å². The van der Waals surface area contributed by atoms with E-state index in [0.29, 0.717) is 5.82 Å². The summed E-state index contributed by atoms with van der Waals surface area (Å²) in [7, 11) is 0. The molecule has 1 aromatic heterocycles. The topological polar surface area (TPSA) is 79.3 Å². The van der Waals surface area contributed by atoms with Gasteiger partial charge in [0.2, 0.25) is 5.91 Å². The minimum absolute atomic E-state index is 0.194. The highest BCUT2D eigenvalue weighted by atomic mass is 19.4. The number of likely N-dealkylation sites (N-methyl/N-ethyl adjacent to an activating group) is 1. The molecular weight excluding hydrogens is 471 g/mol. The minimum atomic E-state index is -4.46. The van der Waals surface area contributed by atoms with Crippen molar-refractivity contribution in [1.29, 1.82) is 0 Å². The monoisotopic (exact) mass is 501 g/mol. The van der Waals surface area contributed by atoms with Crippen LogP contribution in [0.1, 0.15) is 44.5 Å². The first-order valence-electron chi connectivity index (χ1n) is 11.5. The zero-order valence-corrected chi connectivity index (χ0v) is 20.9. The van der Waals surface area contributed by atoms with Gasteiger partial charge in [0.05, 0.1) is 16.9 Å². The lowest BCUT2D eigenvalue weighted by molar-refractivity contribution is -0.137. The van der Waals surface area contributed by atoms with Gasteiger partial charge in [0.15, 0.2) is 0 Å². The van der Waals surface area contributed by atoms with Crippen LogP contribution in [-0.2, 0) is 16.4 Å². The Hall–Kier alpha value is -3.82. The zero-order chi connectivity index (χ0) is 26.7. The van der Waals surface area contributed by atoms with Gasteiger partial charge in [-0.1, -0.05) is 32.9 Å². The number of urea groups is 1. The molecule has 0 aliphatic carbocycles.